The van der Waals surface area contributed by atoms with Crippen LogP contribution < -0.4 is 5.32 Å². The molecule has 3 aliphatic heterocycles. The summed E-state index contributed by atoms with van der Waals surface area (Å²) in [5.41, 5.74) is 5.02. The first-order valence-electron chi connectivity index (χ1n) is 18.9. The number of nitrogens with zero attached hydrogens (tertiary/aromatic N) is 2. The molecular weight excluding hydrogens is 747 g/mol. The van der Waals surface area contributed by atoms with Crippen LogP contribution in [0.5, 0.6) is 0 Å². The Hall–Kier alpha value is -4.30. The smallest absolute Gasteiger partial charge is 0.392 e. The van der Waals surface area contributed by atoms with E-state index >= 15 is 0 Å². The second kappa shape index (κ2) is 17.1. The van der Waals surface area contributed by atoms with Gasteiger partial charge in [-0.25, -0.2) is 0 Å². The van der Waals surface area contributed by atoms with Gasteiger partial charge in [-0.3, -0.25) is 9.59 Å². The van der Waals surface area contributed by atoms with Crippen LogP contribution in [0.3, 0.4) is 0 Å². The molecule has 2 amide bonds. The molecule has 0 saturated carbocycles. The Bertz CT molecular complexity index is 1990. The number of rotatable bonds is 10. The van der Waals surface area contributed by atoms with Gasteiger partial charge in [0.25, 0.3) is 0 Å². The number of aliphatic hydroxyl groups is 2. The molecule has 3 N–H and O–H groups in total. The normalized spacial score (nSPS) is 22.9. The second-order valence-corrected chi connectivity index (χ2v) is 15.3. The first-order chi connectivity index (χ1) is 26.9. The Morgan fingerprint density at radius 3 is 2.25 bits per heavy atom. The summed E-state index contributed by atoms with van der Waals surface area (Å²) < 4.78 is 52.6. The number of carbonyl (C=O) groups is 2. The first kappa shape index (κ1) is 39.9. The number of piperidine rings is 1. The Morgan fingerprint density at radius 1 is 0.857 bits per heavy atom. The highest BCUT2D eigenvalue weighted by Gasteiger charge is 2.47. The Morgan fingerprint density at radius 2 is 1.55 bits per heavy atom. The molecule has 0 spiro atoms. The molecule has 13 heteroatoms. The van der Waals surface area contributed by atoms with E-state index in [0.29, 0.717) is 55.2 Å². The summed E-state index contributed by atoms with van der Waals surface area (Å²) in [4.78, 5) is 27.7. The average molecular weight is 792 g/mol. The monoisotopic (exact) mass is 791 g/mol. The molecule has 3 saturated heterocycles. The number of likely N-dealkylation sites (tertiary alicyclic amines) is 2. The minimum atomic E-state index is -5.03. The van der Waals surface area contributed by atoms with Gasteiger partial charge in [-0.1, -0.05) is 84.4 Å². The molecule has 0 radical (unpaired) electrons. The molecule has 0 aliphatic carbocycles. The number of carbonyl (C=O) groups excluding carboxylic acids is 2. The van der Waals surface area contributed by atoms with Crippen molar-refractivity contribution in [1.82, 2.24) is 15.1 Å². The number of alkyl halides is 3. The number of amides is 2. The maximum absolute atomic E-state index is 13.1. The van der Waals surface area contributed by atoms with Gasteiger partial charge in [0.05, 0.1) is 24.4 Å². The third kappa shape index (κ3) is 9.28. The molecule has 3 fully saturated rings. The number of hydrogen-bond donors (Lipinski definition) is 3. The lowest BCUT2D eigenvalue weighted by Crippen LogP contribution is -2.50. The highest BCUT2D eigenvalue weighted by atomic mass is 35.5. The van der Waals surface area contributed by atoms with E-state index in [4.69, 9.17) is 21.1 Å². The molecular formula is C43H45ClF3N3O6. The number of nitrogens with one attached hydrogen (secondary N) is 1. The van der Waals surface area contributed by atoms with Crippen molar-refractivity contribution < 1.29 is 42.4 Å². The maximum Gasteiger partial charge on any atom is 0.471 e. The lowest BCUT2D eigenvalue weighted by atomic mass is 9.84. The van der Waals surface area contributed by atoms with Gasteiger partial charge in [0.1, 0.15) is 6.04 Å². The topological polar surface area (TPSA) is 112 Å². The van der Waals surface area contributed by atoms with E-state index in [1.54, 1.807) is 12.1 Å². The largest absolute Gasteiger partial charge is 0.471 e. The lowest BCUT2D eigenvalue weighted by Gasteiger charge is -2.42. The number of halogens is 4. The van der Waals surface area contributed by atoms with Crippen LogP contribution in [0.1, 0.15) is 72.3 Å². The molecule has 0 bridgehead atoms. The molecule has 3 aliphatic rings. The SMILES string of the molecule is O=C(NCc1cccc(-c2cccc([C@H]3O[C@@H](CN4CCC(O)(c5ccc(Cl)cc5)CC4)C[C@@H](c4ccc(CO)cc4)O3)c2)c1)[C@@H]1CCCN1C(=O)C(F)(F)F. The van der Waals surface area contributed by atoms with Gasteiger partial charge in [-0.15, -0.1) is 0 Å². The summed E-state index contributed by atoms with van der Waals surface area (Å²) in [6, 6.07) is 29.3. The maximum atomic E-state index is 13.1. The van der Waals surface area contributed by atoms with Crippen molar-refractivity contribution in [2.24, 2.45) is 0 Å². The van der Waals surface area contributed by atoms with Crippen molar-refractivity contribution in [3.05, 3.63) is 130 Å². The van der Waals surface area contributed by atoms with E-state index in [1.165, 1.54) is 0 Å². The molecule has 0 unspecified atom stereocenters. The fourth-order valence-corrected chi connectivity index (χ4v) is 8.08. The summed E-state index contributed by atoms with van der Waals surface area (Å²) >= 11 is 6.09. The molecule has 4 aromatic carbocycles. The summed E-state index contributed by atoms with van der Waals surface area (Å²) in [6.07, 6.45) is -3.92. The summed E-state index contributed by atoms with van der Waals surface area (Å²) in [5, 5.41) is 24.4. The minimum Gasteiger partial charge on any atom is -0.392 e. The minimum absolute atomic E-state index is 0.0556. The van der Waals surface area contributed by atoms with Gasteiger partial charge < -0.3 is 34.8 Å². The van der Waals surface area contributed by atoms with E-state index < -0.39 is 35.9 Å². The highest BCUT2D eigenvalue weighted by Crippen LogP contribution is 2.40. The van der Waals surface area contributed by atoms with Gasteiger partial charge >= 0.3 is 12.1 Å². The molecule has 3 heterocycles. The lowest BCUT2D eigenvalue weighted by molar-refractivity contribution is -0.253. The van der Waals surface area contributed by atoms with Crippen LogP contribution in [-0.4, -0.2) is 76.3 Å². The van der Waals surface area contributed by atoms with Crippen LogP contribution >= 0.6 is 11.6 Å². The van der Waals surface area contributed by atoms with Crippen molar-refractivity contribution in [3.8, 4) is 11.1 Å². The van der Waals surface area contributed by atoms with Crippen LogP contribution in [0.2, 0.25) is 5.02 Å². The van der Waals surface area contributed by atoms with Crippen molar-refractivity contribution in [2.75, 3.05) is 26.2 Å². The zero-order valence-corrected chi connectivity index (χ0v) is 31.5. The van der Waals surface area contributed by atoms with Crippen molar-refractivity contribution >= 4 is 23.4 Å². The van der Waals surface area contributed by atoms with Gasteiger partial charge in [0.2, 0.25) is 5.91 Å². The van der Waals surface area contributed by atoms with E-state index in [-0.39, 0.29) is 38.3 Å². The van der Waals surface area contributed by atoms with Crippen molar-refractivity contribution in [3.63, 3.8) is 0 Å². The first-order valence-corrected chi connectivity index (χ1v) is 19.3. The third-order valence-electron chi connectivity index (χ3n) is 11.1. The molecule has 7 rings (SSSR count). The zero-order valence-electron chi connectivity index (χ0n) is 30.8. The highest BCUT2D eigenvalue weighted by molar-refractivity contribution is 6.30. The molecule has 296 valence electrons. The van der Waals surface area contributed by atoms with E-state index in [9.17, 15) is 33.0 Å². The predicted octanol–water partition coefficient (Wildman–Crippen LogP) is 7.20. The molecule has 9 nitrogen and oxygen atoms in total. The third-order valence-corrected chi connectivity index (χ3v) is 11.3. The van der Waals surface area contributed by atoms with Crippen molar-refractivity contribution in [1.29, 1.82) is 0 Å². The fraction of sp³-hybridized carbons (Fsp3) is 0.395. The van der Waals surface area contributed by atoms with Crippen LogP contribution in [-0.2, 0) is 37.8 Å². The second-order valence-electron chi connectivity index (χ2n) is 14.9. The van der Waals surface area contributed by atoms with Gasteiger partial charge in [0, 0.05) is 49.7 Å². The van der Waals surface area contributed by atoms with Crippen molar-refractivity contribution in [2.45, 2.75) is 81.6 Å². The quantitative estimate of drug-likeness (QED) is 0.156. The Kier molecular flexibility index (Phi) is 12.2. The molecule has 4 aromatic rings. The van der Waals surface area contributed by atoms with Crippen LogP contribution in [0.25, 0.3) is 11.1 Å². The summed E-state index contributed by atoms with van der Waals surface area (Å²) in [5.74, 6) is -2.61. The number of hydrogen-bond acceptors (Lipinski definition) is 7. The summed E-state index contributed by atoms with van der Waals surface area (Å²) in [7, 11) is 0. The summed E-state index contributed by atoms with van der Waals surface area (Å²) in [6.45, 7) is 1.95. The Labute approximate surface area is 329 Å². The Balaban J connectivity index is 1.04. The van der Waals surface area contributed by atoms with Crippen LogP contribution in [0, 0.1) is 0 Å². The zero-order chi connectivity index (χ0) is 39.5. The van der Waals surface area contributed by atoms with Crippen LogP contribution in [0.15, 0.2) is 97.1 Å². The standard InChI is InChI=1S/C43H45ClF3N3O6/c44-35-15-13-34(14-16-35)42(54)17-20-49(21-18-42)26-36-24-38(30-11-9-28(27-51)10-12-30)56-40(55-36)33-7-2-6-32(23-33)31-5-1-4-29(22-31)25-48-39(52)37-8-3-19-50(37)41(53)43(45,46)47/h1-2,4-7,9-16,22-23,36-38,40,51,54H,3,8,17-21,24-27H2,(H,48,52)/t36-,37+,38+,40+/m1/s1. The number of aliphatic hydroxyl groups excluding tert-OH is 1. The van der Waals surface area contributed by atoms with Gasteiger partial charge in [-0.05, 0) is 83.3 Å². The van der Waals surface area contributed by atoms with E-state index in [0.717, 1.165) is 38.9 Å². The predicted molar refractivity (Wildman–Crippen MR) is 204 cm³/mol. The van der Waals surface area contributed by atoms with Gasteiger partial charge in [-0.2, -0.15) is 13.2 Å². The van der Waals surface area contributed by atoms with Crippen LogP contribution in [0.4, 0.5) is 13.2 Å². The number of ether oxygens (including phenoxy) is 2. The molecule has 4 atom stereocenters. The van der Waals surface area contributed by atoms with E-state index in [2.05, 4.69) is 10.2 Å². The molecule has 0 aromatic heterocycles. The average Bonchev–Trinajstić information content (AvgIpc) is 3.71. The van der Waals surface area contributed by atoms with E-state index in [1.807, 2.05) is 84.9 Å². The number of benzene rings is 4. The molecule has 56 heavy (non-hydrogen) atoms. The fourth-order valence-electron chi connectivity index (χ4n) is 7.95. The van der Waals surface area contributed by atoms with Gasteiger partial charge in [0.15, 0.2) is 6.29 Å².